The lowest BCUT2D eigenvalue weighted by atomic mass is 10.0. The summed E-state index contributed by atoms with van der Waals surface area (Å²) < 4.78 is 3.33. The van der Waals surface area contributed by atoms with Gasteiger partial charge >= 0.3 is 5.69 Å². The molecule has 0 bridgehead atoms. The number of H-pyrrole nitrogens is 1. The summed E-state index contributed by atoms with van der Waals surface area (Å²) >= 11 is 0. The molecule has 8 nitrogen and oxygen atoms in total. The minimum atomic E-state index is -0.0576. The third-order valence-electron chi connectivity index (χ3n) is 5.10. The van der Waals surface area contributed by atoms with Gasteiger partial charge in [-0.25, -0.2) is 9.48 Å². The number of hydrogen-bond donors (Lipinski definition) is 1. The van der Waals surface area contributed by atoms with Crippen LogP contribution < -0.4 is 5.69 Å². The van der Waals surface area contributed by atoms with Gasteiger partial charge in [-0.2, -0.15) is 10.3 Å². The Morgan fingerprint density at radius 3 is 2.61 bits per heavy atom. The highest BCUT2D eigenvalue weighted by molar-refractivity contribution is 5.70. The Morgan fingerprint density at radius 1 is 1.10 bits per heavy atom. The molecule has 31 heavy (non-hydrogen) atoms. The molecule has 0 saturated heterocycles. The molecule has 0 aliphatic heterocycles. The lowest BCUT2D eigenvalue weighted by molar-refractivity contribution is 0.569. The molecule has 0 spiro atoms. The average molecular weight is 416 g/mol. The van der Waals surface area contributed by atoms with Crippen LogP contribution in [0.25, 0.3) is 22.5 Å². The molecular weight excluding hydrogens is 390 g/mol. The van der Waals surface area contributed by atoms with Gasteiger partial charge in [-0.1, -0.05) is 55.5 Å². The summed E-state index contributed by atoms with van der Waals surface area (Å²) in [4.78, 5) is 12.8. The quantitative estimate of drug-likeness (QED) is 0.423. The van der Waals surface area contributed by atoms with Crippen LogP contribution in [0.15, 0.2) is 66.0 Å². The van der Waals surface area contributed by atoms with Crippen molar-refractivity contribution in [2.75, 3.05) is 0 Å². The summed E-state index contributed by atoms with van der Waals surface area (Å²) in [6.07, 6.45) is 4.22. The molecule has 0 aliphatic carbocycles. The topological polar surface area (TPSA) is 94.3 Å². The lowest BCUT2D eigenvalue weighted by Gasteiger charge is -2.08. The molecule has 0 atom stereocenters. The molecule has 2 heterocycles. The maximum absolute atomic E-state index is 12.8. The second-order valence-electron chi connectivity index (χ2n) is 7.35. The van der Waals surface area contributed by atoms with Crippen molar-refractivity contribution in [2.45, 2.75) is 39.3 Å². The molecular formula is C23H25N7O. The standard InChI is InChI=1S/C23H25N7O/c1-3-5-9-21-26-30(14-4-2)23(31)29(21)16-17-10-12-18(13-11-17)19-7-6-8-20(15-19)22-24-27-28-25-22/h3,6-8,10-13,15H,1,4-5,9,14,16H2,2H3,(H,24,25,27,28). The molecule has 0 fully saturated rings. The van der Waals surface area contributed by atoms with Crippen LogP contribution in [-0.2, 0) is 19.5 Å². The van der Waals surface area contributed by atoms with Crippen LogP contribution in [-0.4, -0.2) is 35.0 Å². The van der Waals surface area contributed by atoms with Gasteiger partial charge in [-0.15, -0.1) is 16.8 Å². The molecule has 4 rings (SSSR count). The van der Waals surface area contributed by atoms with Gasteiger partial charge in [0.15, 0.2) is 0 Å². The first kappa shape index (κ1) is 20.5. The van der Waals surface area contributed by atoms with Gasteiger partial charge in [0, 0.05) is 18.5 Å². The van der Waals surface area contributed by atoms with Crippen molar-refractivity contribution < 1.29 is 0 Å². The van der Waals surface area contributed by atoms with Crippen molar-refractivity contribution in [3.8, 4) is 22.5 Å². The van der Waals surface area contributed by atoms with Crippen LogP contribution in [0.5, 0.6) is 0 Å². The van der Waals surface area contributed by atoms with Crippen LogP contribution in [0.2, 0.25) is 0 Å². The van der Waals surface area contributed by atoms with E-state index in [0.29, 0.717) is 25.3 Å². The van der Waals surface area contributed by atoms with Gasteiger partial charge in [0.25, 0.3) is 0 Å². The molecule has 0 aliphatic rings. The zero-order valence-corrected chi connectivity index (χ0v) is 17.5. The third-order valence-corrected chi connectivity index (χ3v) is 5.10. The first-order valence-corrected chi connectivity index (χ1v) is 10.4. The van der Waals surface area contributed by atoms with Crippen molar-refractivity contribution in [2.24, 2.45) is 0 Å². The van der Waals surface area contributed by atoms with E-state index in [1.165, 1.54) is 0 Å². The zero-order valence-electron chi connectivity index (χ0n) is 17.5. The highest BCUT2D eigenvalue weighted by atomic mass is 16.2. The number of hydrogen-bond acceptors (Lipinski definition) is 5. The fraction of sp³-hybridized carbons (Fsp3) is 0.261. The molecule has 2 aromatic heterocycles. The molecule has 2 aromatic carbocycles. The number of allylic oxidation sites excluding steroid dienone is 1. The largest absolute Gasteiger partial charge is 0.346 e. The van der Waals surface area contributed by atoms with Crippen LogP contribution >= 0.6 is 0 Å². The van der Waals surface area contributed by atoms with Gasteiger partial charge in [0.1, 0.15) is 5.82 Å². The summed E-state index contributed by atoms with van der Waals surface area (Å²) in [5, 5.41) is 18.7. The highest BCUT2D eigenvalue weighted by Gasteiger charge is 2.13. The fourth-order valence-corrected chi connectivity index (χ4v) is 3.53. The third kappa shape index (κ3) is 4.53. The van der Waals surface area contributed by atoms with Crippen molar-refractivity contribution in [1.82, 2.24) is 35.0 Å². The second-order valence-corrected chi connectivity index (χ2v) is 7.35. The van der Waals surface area contributed by atoms with Gasteiger partial charge in [0.05, 0.1) is 6.54 Å². The minimum Gasteiger partial charge on any atom is -0.274 e. The zero-order chi connectivity index (χ0) is 21.6. The summed E-state index contributed by atoms with van der Waals surface area (Å²) in [6.45, 7) is 6.95. The van der Waals surface area contributed by atoms with Crippen LogP contribution in [0, 0.1) is 0 Å². The summed E-state index contributed by atoms with van der Waals surface area (Å²) in [6, 6.07) is 16.2. The van der Waals surface area contributed by atoms with E-state index in [0.717, 1.165) is 40.9 Å². The number of tetrazole rings is 1. The number of rotatable bonds is 9. The Labute approximate surface area is 180 Å². The molecule has 0 radical (unpaired) electrons. The Balaban J connectivity index is 1.58. The molecule has 1 N–H and O–H groups in total. The normalized spacial score (nSPS) is 11.0. The van der Waals surface area contributed by atoms with Crippen molar-refractivity contribution >= 4 is 0 Å². The number of nitrogens with zero attached hydrogens (tertiary/aromatic N) is 6. The lowest BCUT2D eigenvalue weighted by Crippen LogP contribution is -2.26. The van der Waals surface area contributed by atoms with E-state index in [-0.39, 0.29) is 5.69 Å². The van der Waals surface area contributed by atoms with E-state index in [2.05, 4.69) is 56.6 Å². The SMILES string of the molecule is C=CCCc1nn(CCC)c(=O)n1Cc1ccc(-c2cccc(-c3nn[nH]n3)c2)cc1. The summed E-state index contributed by atoms with van der Waals surface area (Å²) in [5.41, 5.74) is 4.04. The molecule has 0 saturated carbocycles. The molecule has 158 valence electrons. The summed E-state index contributed by atoms with van der Waals surface area (Å²) in [7, 11) is 0. The first-order valence-electron chi connectivity index (χ1n) is 10.4. The number of aryl methyl sites for hydroxylation is 2. The maximum atomic E-state index is 12.8. The average Bonchev–Trinajstić information content (AvgIpc) is 3.43. The smallest absolute Gasteiger partial charge is 0.274 e. The number of aromatic nitrogens is 7. The van der Waals surface area contributed by atoms with E-state index in [1.54, 1.807) is 9.25 Å². The number of nitrogens with one attached hydrogen (secondary N) is 1. The maximum Gasteiger partial charge on any atom is 0.346 e. The van der Waals surface area contributed by atoms with Crippen molar-refractivity contribution in [3.05, 3.63) is 83.1 Å². The first-order chi connectivity index (χ1) is 15.2. The van der Waals surface area contributed by atoms with Gasteiger partial charge in [0.2, 0.25) is 5.82 Å². The fourth-order valence-electron chi connectivity index (χ4n) is 3.53. The molecule has 0 amide bonds. The van der Waals surface area contributed by atoms with E-state index in [4.69, 9.17) is 0 Å². The van der Waals surface area contributed by atoms with E-state index in [9.17, 15) is 4.79 Å². The Bertz CT molecular complexity index is 1200. The summed E-state index contributed by atoms with van der Waals surface area (Å²) in [5.74, 6) is 1.37. The van der Waals surface area contributed by atoms with Gasteiger partial charge in [-0.3, -0.25) is 4.57 Å². The van der Waals surface area contributed by atoms with Crippen LogP contribution in [0.1, 0.15) is 31.2 Å². The minimum absolute atomic E-state index is 0.0576. The van der Waals surface area contributed by atoms with Crippen LogP contribution in [0.4, 0.5) is 0 Å². The molecule has 8 heteroatoms. The Kier molecular flexibility index (Phi) is 6.16. The second kappa shape index (κ2) is 9.34. The predicted octanol–water partition coefficient (Wildman–Crippen LogP) is 3.47. The Morgan fingerprint density at radius 2 is 1.90 bits per heavy atom. The molecule has 0 unspecified atom stereocenters. The van der Waals surface area contributed by atoms with Crippen molar-refractivity contribution in [3.63, 3.8) is 0 Å². The van der Waals surface area contributed by atoms with Gasteiger partial charge in [-0.05, 0) is 40.8 Å². The van der Waals surface area contributed by atoms with Crippen LogP contribution in [0.3, 0.4) is 0 Å². The van der Waals surface area contributed by atoms with Gasteiger partial charge < -0.3 is 0 Å². The van der Waals surface area contributed by atoms with E-state index in [1.807, 2.05) is 37.3 Å². The van der Waals surface area contributed by atoms with E-state index < -0.39 is 0 Å². The van der Waals surface area contributed by atoms with Crippen molar-refractivity contribution in [1.29, 1.82) is 0 Å². The Hall–Kier alpha value is -3.81. The molecule has 4 aromatic rings. The van der Waals surface area contributed by atoms with E-state index >= 15 is 0 Å². The number of benzene rings is 2. The number of aromatic amines is 1. The monoisotopic (exact) mass is 415 g/mol. The highest BCUT2D eigenvalue weighted by Crippen LogP contribution is 2.24. The predicted molar refractivity (Wildman–Crippen MR) is 119 cm³/mol.